The second kappa shape index (κ2) is 7.89. The van der Waals surface area contributed by atoms with Crippen molar-refractivity contribution in [3.63, 3.8) is 0 Å². The van der Waals surface area contributed by atoms with Crippen LogP contribution in [0.5, 0.6) is 0 Å². The van der Waals surface area contributed by atoms with Gasteiger partial charge in [-0.2, -0.15) is 0 Å². The molecular formula is C23H22N4Pt. The molecule has 2 heterocycles. The molecule has 0 radical (unpaired) electrons. The number of hydrogen-bond acceptors (Lipinski definition) is 2. The van der Waals surface area contributed by atoms with Gasteiger partial charge < -0.3 is 9.13 Å². The molecule has 28 heavy (non-hydrogen) atoms. The summed E-state index contributed by atoms with van der Waals surface area (Å²) in [5, 5.41) is 0. The average Bonchev–Trinajstić information content (AvgIpc) is 3.27. The smallest absolute Gasteiger partial charge is 0.373 e. The molecule has 0 fully saturated rings. The first-order valence-electron chi connectivity index (χ1n) is 8.98. The van der Waals surface area contributed by atoms with Crippen LogP contribution in [0.25, 0.3) is 22.8 Å². The first-order chi connectivity index (χ1) is 13.0. The van der Waals surface area contributed by atoms with Crippen LogP contribution >= 0.6 is 0 Å². The van der Waals surface area contributed by atoms with E-state index in [1.165, 1.54) is 0 Å². The van der Waals surface area contributed by atoms with Crippen molar-refractivity contribution in [2.75, 3.05) is 0 Å². The number of rotatable bonds is 4. The van der Waals surface area contributed by atoms with Crippen LogP contribution in [-0.4, -0.2) is 19.1 Å². The maximum Gasteiger partial charge on any atom is 2.00 e. The van der Waals surface area contributed by atoms with E-state index in [1.54, 1.807) is 0 Å². The Morgan fingerprint density at radius 1 is 0.750 bits per heavy atom. The number of aromatic nitrogens is 4. The third kappa shape index (κ3) is 3.62. The van der Waals surface area contributed by atoms with E-state index in [-0.39, 0.29) is 26.5 Å². The van der Waals surface area contributed by atoms with Crippen molar-refractivity contribution in [1.82, 2.24) is 19.1 Å². The van der Waals surface area contributed by atoms with Crippen LogP contribution in [0.3, 0.4) is 0 Å². The maximum absolute atomic E-state index is 4.91. The van der Waals surface area contributed by atoms with Gasteiger partial charge in [0.15, 0.2) is 0 Å². The molecule has 0 N–H and O–H groups in total. The first-order valence-corrected chi connectivity index (χ1v) is 8.98. The monoisotopic (exact) mass is 549 g/mol. The number of hydrogen-bond donors (Lipinski definition) is 0. The SMILES string of the molecule is Cn1cc(C(C)(C)c2cn(C)c(-c3[c-]cccc3)n2)nc1-c1[c-]cccc1.[Pt+2]. The van der Waals surface area contributed by atoms with E-state index in [4.69, 9.17) is 9.97 Å². The largest absolute Gasteiger partial charge is 2.00 e. The zero-order chi connectivity index (χ0) is 19.0. The van der Waals surface area contributed by atoms with Gasteiger partial charge in [-0.1, -0.05) is 0 Å². The van der Waals surface area contributed by atoms with Gasteiger partial charge in [-0.25, -0.2) is 0 Å². The van der Waals surface area contributed by atoms with Crippen LogP contribution < -0.4 is 0 Å². The molecule has 144 valence electrons. The minimum Gasteiger partial charge on any atom is -0.373 e. The summed E-state index contributed by atoms with van der Waals surface area (Å²) in [6, 6.07) is 22.3. The predicted molar refractivity (Wildman–Crippen MR) is 107 cm³/mol. The number of nitrogens with zero attached hydrogens (tertiary/aromatic N) is 4. The van der Waals surface area contributed by atoms with Gasteiger partial charge in [0.05, 0.1) is 28.5 Å². The van der Waals surface area contributed by atoms with Crippen LogP contribution in [0.2, 0.25) is 0 Å². The molecule has 5 heteroatoms. The van der Waals surface area contributed by atoms with Gasteiger partial charge in [-0.3, -0.25) is 9.97 Å². The van der Waals surface area contributed by atoms with E-state index in [1.807, 2.05) is 62.6 Å². The third-order valence-electron chi connectivity index (χ3n) is 4.93. The first kappa shape index (κ1) is 20.3. The van der Waals surface area contributed by atoms with Crippen LogP contribution in [0.15, 0.2) is 60.9 Å². The second-order valence-electron chi connectivity index (χ2n) is 7.30. The van der Waals surface area contributed by atoms with Crippen molar-refractivity contribution in [1.29, 1.82) is 0 Å². The molecular weight excluding hydrogens is 527 g/mol. The molecule has 4 rings (SSSR count). The summed E-state index contributed by atoms with van der Waals surface area (Å²) in [6.07, 6.45) is 4.17. The summed E-state index contributed by atoms with van der Waals surface area (Å²) < 4.78 is 4.11. The normalized spacial score (nSPS) is 11.3. The van der Waals surface area contributed by atoms with Crippen LogP contribution in [0, 0.1) is 12.1 Å². The molecule has 0 spiro atoms. The summed E-state index contributed by atoms with van der Waals surface area (Å²) >= 11 is 0. The van der Waals surface area contributed by atoms with Crippen LogP contribution in [0.4, 0.5) is 0 Å². The fourth-order valence-corrected chi connectivity index (χ4v) is 3.23. The molecule has 0 bridgehead atoms. The zero-order valence-corrected chi connectivity index (χ0v) is 18.7. The summed E-state index contributed by atoms with van der Waals surface area (Å²) in [6.45, 7) is 4.32. The topological polar surface area (TPSA) is 35.6 Å². The fourth-order valence-electron chi connectivity index (χ4n) is 3.23. The van der Waals surface area contributed by atoms with Crippen molar-refractivity contribution in [2.24, 2.45) is 14.1 Å². The van der Waals surface area contributed by atoms with E-state index in [0.717, 1.165) is 34.2 Å². The van der Waals surface area contributed by atoms with E-state index in [9.17, 15) is 0 Å². The van der Waals surface area contributed by atoms with E-state index in [2.05, 4.69) is 47.5 Å². The minimum atomic E-state index is -0.324. The quantitative estimate of drug-likeness (QED) is 0.354. The Bertz CT molecular complexity index is 977. The van der Waals surface area contributed by atoms with Crippen molar-refractivity contribution in [3.8, 4) is 22.8 Å². The molecule has 0 atom stereocenters. The van der Waals surface area contributed by atoms with Gasteiger partial charge in [-0.05, 0) is 13.8 Å². The number of imidazole rings is 2. The van der Waals surface area contributed by atoms with Crippen molar-refractivity contribution >= 4 is 0 Å². The summed E-state index contributed by atoms with van der Waals surface area (Å²) in [5.74, 6) is 1.82. The third-order valence-corrected chi connectivity index (χ3v) is 4.93. The van der Waals surface area contributed by atoms with Gasteiger partial charge >= 0.3 is 21.1 Å². The molecule has 2 aromatic carbocycles. The van der Waals surface area contributed by atoms with E-state index >= 15 is 0 Å². The maximum atomic E-state index is 4.91. The molecule has 4 nitrogen and oxygen atoms in total. The Morgan fingerprint density at radius 3 is 1.54 bits per heavy atom. The zero-order valence-electron chi connectivity index (χ0n) is 16.4. The predicted octanol–water partition coefficient (Wildman–Crippen LogP) is 4.41. The molecule has 0 amide bonds. The number of aryl methyl sites for hydroxylation is 2. The van der Waals surface area contributed by atoms with Crippen molar-refractivity contribution in [3.05, 3.63) is 84.4 Å². The molecule has 0 aliphatic carbocycles. The standard InChI is InChI=1S/C23H22N4.Pt/c1-23(2,19-15-26(3)21(24-19)17-11-7-5-8-12-17)20-16-27(4)22(25-20)18-13-9-6-10-14-18;/h5-11,13,15-16H,1-4H3;/q-2;+2. The Balaban J connectivity index is 0.00000225. The van der Waals surface area contributed by atoms with Gasteiger partial charge in [0.2, 0.25) is 0 Å². The Labute approximate surface area is 180 Å². The molecule has 0 aliphatic rings. The number of benzene rings is 2. The molecule has 0 aliphatic heterocycles. The van der Waals surface area contributed by atoms with Gasteiger partial charge in [-0.15, -0.1) is 71.8 Å². The van der Waals surface area contributed by atoms with Crippen LogP contribution in [-0.2, 0) is 40.6 Å². The summed E-state index contributed by atoms with van der Waals surface area (Å²) in [4.78, 5) is 9.83. The Morgan fingerprint density at radius 2 is 1.18 bits per heavy atom. The van der Waals surface area contributed by atoms with E-state index < -0.39 is 0 Å². The van der Waals surface area contributed by atoms with Gasteiger partial charge in [0, 0.05) is 26.5 Å². The second-order valence-corrected chi connectivity index (χ2v) is 7.30. The molecule has 2 aromatic heterocycles. The summed E-state index contributed by atoms with van der Waals surface area (Å²) in [5.41, 5.74) is 3.62. The molecule has 4 aromatic rings. The molecule has 0 saturated heterocycles. The molecule has 0 unspecified atom stereocenters. The van der Waals surface area contributed by atoms with Crippen LogP contribution in [0.1, 0.15) is 25.2 Å². The molecule has 0 saturated carbocycles. The van der Waals surface area contributed by atoms with Gasteiger partial charge in [0.25, 0.3) is 0 Å². The fraction of sp³-hybridized carbons (Fsp3) is 0.217. The Hall–Kier alpha value is -2.45. The van der Waals surface area contributed by atoms with E-state index in [0.29, 0.717) is 0 Å². The average molecular weight is 550 g/mol. The van der Waals surface area contributed by atoms with Crippen molar-refractivity contribution in [2.45, 2.75) is 19.3 Å². The Kier molecular flexibility index (Phi) is 5.71. The van der Waals surface area contributed by atoms with Crippen molar-refractivity contribution < 1.29 is 21.1 Å². The van der Waals surface area contributed by atoms with Gasteiger partial charge in [0.1, 0.15) is 0 Å². The summed E-state index contributed by atoms with van der Waals surface area (Å²) in [7, 11) is 4.04. The minimum absolute atomic E-state index is 0.